The van der Waals surface area contributed by atoms with Crippen LogP contribution in [-0.4, -0.2) is 33.8 Å². The standard InChI is InChI=1S/C20H23N3O3/c24-18(25)14-8-13(9-14)17-22-19(23-26-17)20(6-7-20)11-21-16-10-15(16)12-4-2-1-3-5-12/h1-5,13-16,21H,6-11H2,(H,24,25)/t13?,14?,15?,16-/m0/s1. The highest BCUT2D eigenvalue weighted by Crippen LogP contribution is 2.49. The third-order valence-electron chi connectivity index (χ3n) is 6.33. The molecule has 2 aromatic rings. The summed E-state index contributed by atoms with van der Waals surface area (Å²) in [5, 5.41) is 16.9. The average Bonchev–Trinajstić information content (AvgIpc) is 3.50. The SMILES string of the molecule is O=C(O)C1CC(c2nc(C3(CN[C@H]4CC4c4ccccc4)CC3)no2)C1. The lowest BCUT2D eigenvalue weighted by Crippen LogP contribution is -2.30. The molecule has 26 heavy (non-hydrogen) atoms. The number of benzene rings is 1. The highest BCUT2D eigenvalue weighted by Gasteiger charge is 2.51. The van der Waals surface area contributed by atoms with Crippen molar-refractivity contribution in [1.29, 1.82) is 0 Å². The molecule has 0 saturated heterocycles. The number of aromatic nitrogens is 2. The molecule has 5 rings (SSSR count). The number of hydrogen-bond donors (Lipinski definition) is 2. The number of nitrogens with one attached hydrogen (secondary N) is 1. The molecule has 3 aliphatic rings. The van der Waals surface area contributed by atoms with Crippen LogP contribution >= 0.6 is 0 Å². The fourth-order valence-electron chi connectivity index (χ4n) is 4.08. The van der Waals surface area contributed by atoms with Crippen molar-refractivity contribution in [1.82, 2.24) is 15.5 Å². The van der Waals surface area contributed by atoms with Crippen LogP contribution in [-0.2, 0) is 10.2 Å². The zero-order valence-corrected chi connectivity index (χ0v) is 14.6. The van der Waals surface area contributed by atoms with E-state index in [0.717, 1.165) is 25.2 Å². The minimum absolute atomic E-state index is 0.0154. The predicted octanol–water partition coefficient (Wildman–Crippen LogP) is 2.83. The molecule has 2 atom stereocenters. The molecule has 1 aromatic heterocycles. The quantitative estimate of drug-likeness (QED) is 0.796. The Labute approximate surface area is 152 Å². The van der Waals surface area contributed by atoms with E-state index in [1.165, 1.54) is 12.0 Å². The second kappa shape index (κ2) is 5.91. The topological polar surface area (TPSA) is 88.2 Å². The Hall–Kier alpha value is -2.21. The molecule has 1 heterocycles. The second-order valence-corrected chi connectivity index (χ2v) is 8.18. The third-order valence-corrected chi connectivity index (χ3v) is 6.33. The van der Waals surface area contributed by atoms with Crippen LogP contribution in [0.5, 0.6) is 0 Å². The molecule has 136 valence electrons. The molecule has 6 nitrogen and oxygen atoms in total. The van der Waals surface area contributed by atoms with Crippen LogP contribution in [0, 0.1) is 5.92 Å². The lowest BCUT2D eigenvalue weighted by atomic mass is 9.75. The van der Waals surface area contributed by atoms with Crippen LogP contribution < -0.4 is 5.32 Å². The van der Waals surface area contributed by atoms with Gasteiger partial charge in [-0.2, -0.15) is 4.98 Å². The van der Waals surface area contributed by atoms with E-state index in [2.05, 4.69) is 45.8 Å². The molecule has 3 aliphatic carbocycles. The van der Waals surface area contributed by atoms with Crippen LogP contribution in [0.25, 0.3) is 0 Å². The van der Waals surface area contributed by atoms with Crippen molar-refractivity contribution in [3.8, 4) is 0 Å². The molecule has 0 spiro atoms. The largest absolute Gasteiger partial charge is 0.481 e. The number of carboxylic acid groups (broad SMARTS) is 1. The van der Waals surface area contributed by atoms with Gasteiger partial charge in [-0.25, -0.2) is 0 Å². The van der Waals surface area contributed by atoms with Gasteiger partial charge in [0.2, 0.25) is 5.89 Å². The molecule has 0 bridgehead atoms. The number of carboxylic acids is 1. The van der Waals surface area contributed by atoms with Crippen molar-refractivity contribution in [2.45, 2.75) is 55.4 Å². The first-order valence-electron chi connectivity index (χ1n) is 9.50. The Bertz CT molecular complexity index is 809. The zero-order chi connectivity index (χ0) is 17.7. The van der Waals surface area contributed by atoms with Gasteiger partial charge in [0, 0.05) is 29.8 Å². The van der Waals surface area contributed by atoms with E-state index in [1.54, 1.807) is 0 Å². The summed E-state index contributed by atoms with van der Waals surface area (Å²) in [5.74, 6) is 1.19. The molecule has 1 aromatic carbocycles. The molecule has 0 radical (unpaired) electrons. The Morgan fingerprint density at radius 3 is 2.69 bits per heavy atom. The fourth-order valence-corrected chi connectivity index (χ4v) is 4.08. The molecule has 3 saturated carbocycles. The lowest BCUT2D eigenvalue weighted by Gasteiger charge is -2.28. The number of aliphatic carboxylic acids is 1. The van der Waals surface area contributed by atoms with E-state index in [4.69, 9.17) is 9.63 Å². The van der Waals surface area contributed by atoms with Gasteiger partial charge < -0.3 is 14.9 Å². The smallest absolute Gasteiger partial charge is 0.306 e. The minimum Gasteiger partial charge on any atom is -0.481 e. The molecule has 0 aliphatic heterocycles. The molecule has 0 amide bonds. The van der Waals surface area contributed by atoms with Gasteiger partial charge in [-0.15, -0.1) is 0 Å². The highest BCUT2D eigenvalue weighted by atomic mass is 16.5. The summed E-state index contributed by atoms with van der Waals surface area (Å²) in [5.41, 5.74) is 1.43. The Morgan fingerprint density at radius 1 is 1.23 bits per heavy atom. The lowest BCUT2D eigenvalue weighted by molar-refractivity contribution is -0.145. The molecular formula is C20H23N3O3. The van der Waals surface area contributed by atoms with Gasteiger partial charge in [0.15, 0.2) is 5.82 Å². The van der Waals surface area contributed by atoms with Gasteiger partial charge in [0.05, 0.1) is 5.92 Å². The number of nitrogens with zero attached hydrogens (tertiary/aromatic N) is 2. The Balaban J connectivity index is 1.17. The zero-order valence-electron chi connectivity index (χ0n) is 14.6. The van der Waals surface area contributed by atoms with Crippen molar-refractivity contribution in [2.24, 2.45) is 5.92 Å². The summed E-state index contributed by atoms with van der Waals surface area (Å²) in [4.78, 5) is 15.6. The van der Waals surface area contributed by atoms with E-state index in [0.29, 0.717) is 30.7 Å². The summed E-state index contributed by atoms with van der Waals surface area (Å²) < 4.78 is 5.45. The van der Waals surface area contributed by atoms with E-state index >= 15 is 0 Å². The summed E-state index contributed by atoms with van der Waals surface area (Å²) in [7, 11) is 0. The van der Waals surface area contributed by atoms with Crippen LogP contribution in [0.3, 0.4) is 0 Å². The van der Waals surface area contributed by atoms with E-state index in [9.17, 15) is 4.79 Å². The van der Waals surface area contributed by atoms with Gasteiger partial charge in [-0.05, 0) is 37.7 Å². The van der Waals surface area contributed by atoms with Crippen LogP contribution in [0.15, 0.2) is 34.9 Å². The summed E-state index contributed by atoms with van der Waals surface area (Å²) >= 11 is 0. The monoisotopic (exact) mass is 353 g/mol. The van der Waals surface area contributed by atoms with Gasteiger partial charge in [-0.3, -0.25) is 4.79 Å². The first-order valence-corrected chi connectivity index (χ1v) is 9.50. The third kappa shape index (κ3) is 2.82. The average molecular weight is 353 g/mol. The van der Waals surface area contributed by atoms with Crippen molar-refractivity contribution >= 4 is 5.97 Å². The van der Waals surface area contributed by atoms with Crippen LogP contribution in [0.1, 0.15) is 61.2 Å². The normalized spacial score (nSPS) is 31.2. The maximum absolute atomic E-state index is 10.9. The van der Waals surface area contributed by atoms with E-state index in [1.807, 2.05) is 0 Å². The molecule has 3 fully saturated rings. The summed E-state index contributed by atoms with van der Waals surface area (Å²) in [6.45, 7) is 0.891. The maximum Gasteiger partial charge on any atom is 0.306 e. The highest BCUT2D eigenvalue weighted by molar-refractivity contribution is 5.71. The number of carbonyl (C=O) groups is 1. The molecular weight excluding hydrogens is 330 g/mol. The van der Waals surface area contributed by atoms with Crippen molar-refractivity contribution in [3.05, 3.63) is 47.6 Å². The molecule has 2 N–H and O–H groups in total. The van der Waals surface area contributed by atoms with Crippen LogP contribution in [0.4, 0.5) is 0 Å². The molecule has 1 unspecified atom stereocenters. The van der Waals surface area contributed by atoms with Gasteiger partial charge >= 0.3 is 5.97 Å². The summed E-state index contributed by atoms with van der Waals surface area (Å²) in [6.07, 6.45) is 4.59. The van der Waals surface area contributed by atoms with Crippen LogP contribution in [0.2, 0.25) is 0 Å². The summed E-state index contributed by atoms with van der Waals surface area (Å²) in [6, 6.07) is 11.2. The van der Waals surface area contributed by atoms with Gasteiger partial charge in [0.1, 0.15) is 0 Å². The first-order chi connectivity index (χ1) is 12.6. The first kappa shape index (κ1) is 16.0. The van der Waals surface area contributed by atoms with Crippen molar-refractivity contribution in [2.75, 3.05) is 6.54 Å². The van der Waals surface area contributed by atoms with Gasteiger partial charge in [0.25, 0.3) is 0 Å². The predicted molar refractivity (Wildman–Crippen MR) is 93.9 cm³/mol. The second-order valence-electron chi connectivity index (χ2n) is 8.18. The van der Waals surface area contributed by atoms with Crippen molar-refractivity contribution < 1.29 is 14.4 Å². The maximum atomic E-state index is 10.9. The van der Waals surface area contributed by atoms with Gasteiger partial charge in [-0.1, -0.05) is 35.5 Å². The minimum atomic E-state index is -0.721. The number of rotatable bonds is 7. The Kier molecular flexibility index (Phi) is 3.64. The van der Waals surface area contributed by atoms with E-state index < -0.39 is 5.97 Å². The fraction of sp³-hybridized carbons (Fsp3) is 0.550. The Morgan fingerprint density at radius 2 is 2.00 bits per heavy atom. The number of hydrogen-bond acceptors (Lipinski definition) is 5. The van der Waals surface area contributed by atoms with Crippen molar-refractivity contribution in [3.63, 3.8) is 0 Å². The van der Waals surface area contributed by atoms with E-state index in [-0.39, 0.29) is 17.3 Å². The molecule has 6 heteroatoms.